The van der Waals surface area contributed by atoms with Crippen LogP contribution >= 0.6 is 0 Å². The van der Waals surface area contributed by atoms with Gasteiger partial charge in [-0.3, -0.25) is 9.69 Å². The van der Waals surface area contributed by atoms with Gasteiger partial charge in [-0.15, -0.1) is 0 Å². The quantitative estimate of drug-likeness (QED) is 0.308. The van der Waals surface area contributed by atoms with Gasteiger partial charge in [-0.25, -0.2) is 13.2 Å². The molecule has 2 atom stereocenters. The lowest BCUT2D eigenvalue weighted by atomic mass is 9.93. The monoisotopic (exact) mass is 578 g/mol. The Morgan fingerprint density at radius 3 is 2.46 bits per heavy atom. The summed E-state index contributed by atoms with van der Waals surface area (Å²) in [6, 6.07) is 22.5. The van der Waals surface area contributed by atoms with E-state index in [9.17, 15) is 23.1 Å². The predicted molar refractivity (Wildman–Crippen MR) is 159 cm³/mol. The molecule has 0 saturated carbocycles. The fraction of sp³-hybridized carbons (Fsp3) is 0.375. The van der Waals surface area contributed by atoms with Crippen molar-refractivity contribution < 1.29 is 27.9 Å². The van der Waals surface area contributed by atoms with Crippen LogP contribution in [0.15, 0.2) is 72.8 Å². The number of carbonyl (C=O) groups is 2. The summed E-state index contributed by atoms with van der Waals surface area (Å²) in [5.41, 5.74) is 5.11. The number of nitrogens with zero attached hydrogens (tertiary/aromatic N) is 1. The number of hydrogen-bond donors (Lipinski definition) is 2. The molecule has 1 saturated heterocycles. The lowest BCUT2D eigenvalue weighted by Crippen LogP contribution is -2.42. The van der Waals surface area contributed by atoms with Crippen LogP contribution in [0.1, 0.15) is 46.3 Å². The molecule has 0 aliphatic carbocycles. The number of sulfone groups is 1. The Bertz CT molecular complexity index is 1460. The summed E-state index contributed by atoms with van der Waals surface area (Å²) < 4.78 is 29.2. The van der Waals surface area contributed by atoms with Crippen molar-refractivity contribution in [1.29, 1.82) is 0 Å². The minimum atomic E-state index is -3.38. The molecule has 9 heteroatoms. The van der Waals surface area contributed by atoms with E-state index < -0.39 is 27.8 Å². The van der Waals surface area contributed by atoms with Crippen molar-refractivity contribution in [2.75, 3.05) is 25.2 Å². The molecule has 1 aliphatic rings. The molecule has 0 aromatic heterocycles. The zero-order chi connectivity index (χ0) is 29.4. The largest absolute Gasteiger partial charge is 0.480 e. The summed E-state index contributed by atoms with van der Waals surface area (Å²) in [7, 11) is -3.38. The number of likely N-dealkylation sites (tertiary alicyclic amines) is 1. The summed E-state index contributed by atoms with van der Waals surface area (Å²) in [5, 5.41) is 12.2. The third-order valence-corrected chi connectivity index (χ3v) is 8.43. The first kappa shape index (κ1) is 30.4. The second-order valence-corrected chi connectivity index (χ2v) is 13.0. The van der Waals surface area contributed by atoms with E-state index in [4.69, 9.17) is 4.74 Å². The van der Waals surface area contributed by atoms with Crippen LogP contribution in [0.2, 0.25) is 0 Å². The average Bonchev–Trinajstić information content (AvgIpc) is 3.37. The number of carboxylic acid groups (broad SMARTS) is 1. The minimum Gasteiger partial charge on any atom is -0.480 e. The van der Waals surface area contributed by atoms with Crippen LogP contribution < -0.4 is 5.32 Å². The lowest BCUT2D eigenvalue weighted by Gasteiger charge is -2.25. The van der Waals surface area contributed by atoms with Gasteiger partial charge in [-0.1, -0.05) is 60.7 Å². The highest BCUT2D eigenvalue weighted by atomic mass is 32.2. The van der Waals surface area contributed by atoms with Crippen LogP contribution in [0.4, 0.5) is 0 Å². The molecule has 0 bridgehead atoms. The Morgan fingerprint density at radius 2 is 1.76 bits per heavy atom. The van der Waals surface area contributed by atoms with Gasteiger partial charge in [-0.2, -0.15) is 0 Å². The molecule has 8 nitrogen and oxygen atoms in total. The SMILES string of the molecule is Cc1ccccc1-c1cc(CN2CCC[C@H]2COCc2ccccc2)ccc1C(=O)NC(CCS(C)(=O)=O)C(=O)O. The normalized spacial score (nSPS) is 16.4. The second-order valence-electron chi connectivity index (χ2n) is 10.7. The molecule has 1 fully saturated rings. The first-order valence-electron chi connectivity index (χ1n) is 13.9. The summed E-state index contributed by atoms with van der Waals surface area (Å²) in [6.45, 7) is 4.85. The Kier molecular flexibility index (Phi) is 10.3. The fourth-order valence-corrected chi connectivity index (χ4v) is 5.89. The number of nitrogens with one attached hydrogen (secondary N) is 1. The predicted octanol–water partition coefficient (Wildman–Crippen LogP) is 4.46. The van der Waals surface area contributed by atoms with E-state index in [0.717, 1.165) is 47.9 Å². The van der Waals surface area contributed by atoms with Crippen molar-refractivity contribution in [2.45, 2.75) is 51.4 Å². The standard InChI is InChI=1S/C32H38N2O6S/c1-23-9-6-7-13-27(23)29-19-25(14-15-28(29)31(35)33-30(32(36)37)16-18-41(2,38)39)20-34-17-8-12-26(34)22-40-21-24-10-4-3-5-11-24/h3-7,9-11,13-15,19,26,30H,8,12,16-18,20-22H2,1-2H3,(H,33,35)(H,36,37)/t26-,30?/m0/s1. The van der Waals surface area contributed by atoms with E-state index >= 15 is 0 Å². The van der Waals surface area contributed by atoms with Gasteiger partial charge in [0, 0.05) is 24.4 Å². The number of aryl methyl sites for hydroxylation is 1. The highest BCUT2D eigenvalue weighted by Gasteiger charge is 2.27. The Balaban J connectivity index is 1.52. The van der Waals surface area contributed by atoms with Crippen LogP contribution in [0.3, 0.4) is 0 Å². The third kappa shape index (κ3) is 8.73. The van der Waals surface area contributed by atoms with Gasteiger partial charge < -0.3 is 15.2 Å². The van der Waals surface area contributed by atoms with E-state index in [-0.39, 0.29) is 12.2 Å². The summed E-state index contributed by atoms with van der Waals surface area (Å²) >= 11 is 0. The molecular formula is C32H38N2O6S. The lowest BCUT2D eigenvalue weighted by molar-refractivity contribution is -0.139. The molecule has 0 spiro atoms. The Hall–Kier alpha value is -3.53. The van der Waals surface area contributed by atoms with Crippen molar-refractivity contribution in [3.8, 4) is 11.1 Å². The number of amides is 1. The highest BCUT2D eigenvalue weighted by molar-refractivity contribution is 7.90. The molecule has 4 rings (SSSR count). The summed E-state index contributed by atoms with van der Waals surface area (Å²) in [6.07, 6.45) is 2.99. The van der Waals surface area contributed by atoms with E-state index in [2.05, 4.69) is 22.3 Å². The zero-order valence-corrected chi connectivity index (χ0v) is 24.4. The van der Waals surface area contributed by atoms with E-state index in [1.165, 1.54) is 0 Å². The number of benzene rings is 3. The molecule has 1 unspecified atom stereocenters. The number of rotatable bonds is 13. The number of hydrogen-bond acceptors (Lipinski definition) is 6. The van der Waals surface area contributed by atoms with Gasteiger partial charge in [0.1, 0.15) is 15.9 Å². The van der Waals surface area contributed by atoms with Crippen LogP contribution in [0.5, 0.6) is 0 Å². The summed E-state index contributed by atoms with van der Waals surface area (Å²) in [5.74, 6) is -2.16. The molecule has 1 heterocycles. The number of aliphatic carboxylic acids is 1. The minimum absolute atomic E-state index is 0.208. The molecule has 3 aromatic carbocycles. The van der Waals surface area contributed by atoms with E-state index in [0.29, 0.717) is 36.9 Å². The summed E-state index contributed by atoms with van der Waals surface area (Å²) in [4.78, 5) is 27.6. The molecular weight excluding hydrogens is 540 g/mol. The highest BCUT2D eigenvalue weighted by Crippen LogP contribution is 2.30. The number of carboxylic acids is 1. The fourth-order valence-electron chi connectivity index (χ4n) is 5.22. The molecule has 2 N–H and O–H groups in total. The first-order valence-corrected chi connectivity index (χ1v) is 15.9. The van der Waals surface area contributed by atoms with E-state index in [1.54, 1.807) is 6.07 Å². The van der Waals surface area contributed by atoms with Crippen molar-refractivity contribution in [1.82, 2.24) is 10.2 Å². The van der Waals surface area contributed by atoms with Crippen LogP contribution in [-0.4, -0.2) is 67.5 Å². The average molecular weight is 579 g/mol. The van der Waals surface area contributed by atoms with Crippen molar-refractivity contribution >= 4 is 21.7 Å². The van der Waals surface area contributed by atoms with Crippen molar-refractivity contribution in [3.05, 3.63) is 95.1 Å². The number of carbonyl (C=O) groups excluding carboxylic acids is 1. The smallest absolute Gasteiger partial charge is 0.326 e. The molecule has 41 heavy (non-hydrogen) atoms. The Morgan fingerprint density at radius 1 is 1.02 bits per heavy atom. The van der Waals surface area contributed by atoms with Crippen molar-refractivity contribution in [3.63, 3.8) is 0 Å². The van der Waals surface area contributed by atoms with Crippen LogP contribution in [-0.2, 0) is 32.5 Å². The first-order chi connectivity index (χ1) is 19.6. The maximum Gasteiger partial charge on any atom is 0.326 e. The van der Waals surface area contributed by atoms with Gasteiger partial charge in [0.05, 0.1) is 19.0 Å². The Labute approximate surface area is 242 Å². The molecule has 1 amide bonds. The maximum absolute atomic E-state index is 13.4. The van der Waals surface area contributed by atoms with E-state index in [1.807, 2.05) is 61.5 Å². The van der Waals surface area contributed by atoms with Crippen molar-refractivity contribution in [2.24, 2.45) is 0 Å². The number of ether oxygens (including phenoxy) is 1. The molecule has 218 valence electrons. The van der Waals surface area contributed by atoms with Crippen LogP contribution in [0.25, 0.3) is 11.1 Å². The van der Waals surface area contributed by atoms with Crippen LogP contribution in [0, 0.1) is 6.92 Å². The van der Waals surface area contributed by atoms with Gasteiger partial charge in [0.25, 0.3) is 5.91 Å². The molecule has 1 aliphatic heterocycles. The third-order valence-electron chi connectivity index (χ3n) is 7.45. The second kappa shape index (κ2) is 13.9. The zero-order valence-electron chi connectivity index (χ0n) is 23.6. The maximum atomic E-state index is 13.4. The van der Waals surface area contributed by atoms with Gasteiger partial charge in [0.2, 0.25) is 0 Å². The van der Waals surface area contributed by atoms with Gasteiger partial charge >= 0.3 is 5.97 Å². The molecule has 3 aromatic rings. The molecule has 0 radical (unpaired) electrons. The topological polar surface area (TPSA) is 113 Å². The van der Waals surface area contributed by atoms with Gasteiger partial charge in [-0.05, 0) is 72.7 Å². The van der Waals surface area contributed by atoms with Gasteiger partial charge in [0.15, 0.2) is 0 Å².